The molecule has 0 bridgehead atoms. The lowest BCUT2D eigenvalue weighted by molar-refractivity contribution is 0.0955. The Hall–Kier alpha value is -0.670. The fourth-order valence-electron chi connectivity index (χ4n) is 1.02. The standard InChI is InChI=1S/C10H12BrNO/c1-7(12-2)10(13)8-4-3-5-9(11)6-8/h3-7,12H,1-2H3/t7-/m1/s1. The maximum Gasteiger partial charge on any atom is 0.179 e. The number of ketones is 1. The second-order valence-corrected chi connectivity index (χ2v) is 3.80. The first-order valence-electron chi connectivity index (χ1n) is 4.12. The summed E-state index contributed by atoms with van der Waals surface area (Å²) in [6.07, 6.45) is 0. The molecule has 1 aromatic carbocycles. The normalized spacial score (nSPS) is 12.5. The fraction of sp³-hybridized carbons (Fsp3) is 0.300. The Balaban J connectivity index is 2.89. The topological polar surface area (TPSA) is 29.1 Å². The van der Waals surface area contributed by atoms with Crippen LogP contribution in [0.5, 0.6) is 0 Å². The van der Waals surface area contributed by atoms with E-state index in [9.17, 15) is 4.79 Å². The zero-order valence-corrected chi connectivity index (χ0v) is 9.26. The number of nitrogens with one attached hydrogen (secondary N) is 1. The summed E-state index contributed by atoms with van der Waals surface area (Å²) < 4.78 is 0.932. The quantitative estimate of drug-likeness (QED) is 0.823. The molecule has 1 rings (SSSR count). The summed E-state index contributed by atoms with van der Waals surface area (Å²) >= 11 is 3.33. The number of benzene rings is 1. The Morgan fingerprint density at radius 1 is 1.54 bits per heavy atom. The minimum absolute atomic E-state index is 0.115. The van der Waals surface area contributed by atoms with E-state index in [1.165, 1.54) is 0 Å². The smallest absolute Gasteiger partial charge is 0.179 e. The Labute approximate surface area is 86.5 Å². The zero-order valence-electron chi connectivity index (χ0n) is 7.67. The van der Waals surface area contributed by atoms with Gasteiger partial charge in [0.05, 0.1) is 6.04 Å². The first-order valence-corrected chi connectivity index (χ1v) is 4.91. The largest absolute Gasteiger partial charge is 0.310 e. The molecular weight excluding hydrogens is 230 g/mol. The number of likely N-dealkylation sites (N-methyl/N-ethyl adjacent to an activating group) is 1. The molecule has 0 aromatic heterocycles. The van der Waals surface area contributed by atoms with E-state index in [4.69, 9.17) is 0 Å². The van der Waals surface area contributed by atoms with E-state index in [1.54, 1.807) is 7.05 Å². The van der Waals surface area contributed by atoms with Gasteiger partial charge in [0.2, 0.25) is 0 Å². The molecule has 0 fully saturated rings. The number of hydrogen-bond donors (Lipinski definition) is 1. The SMILES string of the molecule is CN[C@H](C)C(=O)c1cccc(Br)c1. The third-order valence-electron chi connectivity index (χ3n) is 1.94. The second-order valence-electron chi connectivity index (χ2n) is 2.88. The van der Waals surface area contributed by atoms with E-state index in [1.807, 2.05) is 31.2 Å². The average molecular weight is 242 g/mol. The highest BCUT2D eigenvalue weighted by molar-refractivity contribution is 9.10. The van der Waals surface area contributed by atoms with Crippen LogP contribution in [-0.4, -0.2) is 18.9 Å². The van der Waals surface area contributed by atoms with E-state index < -0.39 is 0 Å². The van der Waals surface area contributed by atoms with Gasteiger partial charge in [0, 0.05) is 10.0 Å². The lowest BCUT2D eigenvalue weighted by Crippen LogP contribution is -2.30. The molecule has 0 aliphatic heterocycles. The van der Waals surface area contributed by atoms with E-state index in [0.717, 1.165) is 10.0 Å². The minimum Gasteiger partial charge on any atom is -0.310 e. The van der Waals surface area contributed by atoms with Crippen LogP contribution in [0.2, 0.25) is 0 Å². The summed E-state index contributed by atoms with van der Waals surface area (Å²) in [4.78, 5) is 11.6. The van der Waals surface area contributed by atoms with Crippen molar-refractivity contribution in [2.45, 2.75) is 13.0 Å². The number of carbonyl (C=O) groups excluding carboxylic acids is 1. The lowest BCUT2D eigenvalue weighted by Gasteiger charge is -2.08. The first-order chi connectivity index (χ1) is 6.15. The van der Waals surface area contributed by atoms with Crippen molar-refractivity contribution in [1.29, 1.82) is 0 Å². The molecule has 1 N–H and O–H groups in total. The van der Waals surface area contributed by atoms with Crippen molar-refractivity contribution < 1.29 is 4.79 Å². The number of rotatable bonds is 3. The third-order valence-corrected chi connectivity index (χ3v) is 2.43. The van der Waals surface area contributed by atoms with E-state index in [0.29, 0.717) is 0 Å². The highest BCUT2D eigenvalue weighted by atomic mass is 79.9. The van der Waals surface area contributed by atoms with E-state index >= 15 is 0 Å². The molecule has 0 saturated carbocycles. The number of hydrogen-bond acceptors (Lipinski definition) is 2. The third kappa shape index (κ3) is 2.64. The highest BCUT2D eigenvalue weighted by Gasteiger charge is 2.12. The van der Waals surface area contributed by atoms with Crippen LogP contribution < -0.4 is 5.32 Å². The molecule has 0 amide bonds. The van der Waals surface area contributed by atoms with Gasteiger partial charge in [-0.1, -0.05) is 28.1 Å². The van der Waals surface area contributed by atoms with E-state index in [2.05, 4.69) is 21.2 Å². The maximum absolute atomic E-state index is 11.6. The van der Waals surface area contributed by atoms with Crippen molar-refractivity contribution in [1.82, 2.24) is 5.32 Å². The maximum atomic E-state index is 11.6. The van der Waals surface area contributed by atoms with Gasteiger partial charge in [-0.05, 0) is 26.1 Å². The fourth-order valence-corrected chi connectivity index (χ4v) is 1.42. The Morgan fingerprint density at radius 3 is 2.77 bits per heavy atom. The van der Waals surface area contributed by atoms with Gasteiger partial charge in [0.25, 0.3) is 0 Å². The van der Waals surface area contributed by atoms with Crippen molar-refractivity contribution in [2.24, 2.45) is 0 Å². The summed E-state index contributed by atoms with van der Waals surface area (Å²) in [6, 6.07) is 7.28. The zero-order chi connectivity index (χ0) is 9.84. The molecule has 0 unspecified atom stereocenters. The Kier molecular flexibility index (Phi) is 3.63. The molecule has 2 nitrogen and oxygen atoms in total. The number of carbonyl (C=O) groups is 1. The van der Waals surface area contributed by atoms with Crippen LogP contribution in [0.3, 0.4) is 0 Å². The monoisotopic (exact) mass is 241 g/mol. The van der Waals surface area contributed by atoms with Crippen molar-refractivity contribution in [3.8, 4) is 0 Å². The average Bonchev–Trinajstić information content (AvgIpc) is 2.15. The molecule has 1 aromatic rings. The van der Waals surface area contributed by atoms with Crippen molar-refractivity contribution in [2.75, 3.05) is 7.05 Å². The van der Waals surface area contributed by atoms with Gasteiger partial charge in [0.1, 0.15) is 0 Å². The number of halogens is 1. The summed E-state index contributed by atoms with van der Waals surface area (Å²) in [5.74, 6) is 0.115. The molecule has 0 spiro atoms. The van der Waals surface area contributed by atoms with E-state index in [-0.39, 0.29) is 11.8 Å². The van der Waals surface area contributed by atoms with Gasteiger partial charge in [-0.2, -0.15) is 0 Å². The summed E-state index contributed by atoms with van der Waals surface area (Å²) in [7, 11) is 1.78. The Bertz CT molecular complexity index is 312. The van der Waals surface area contributed by atoms with Crippen LogP contribution in [0.25, 0.3) is 0 Å². The molecular formula is C10H12BrNO. The van der Waals surface area contributed by atoms with Gasteiger partial charge in [-0.3, -0.25) is 4.79 Å². The molecule has 0 heterocycles. The summed E-state index contributed by atoms with van der Waals surface area (Å²) in [6.45, 7) is 1.85. The molecule has 1 atom stereocenters. The highest BCUT2D eigenvalue weighted by Crippen LogP contribution is 2.12. The second kappa shape index (κ2) is 4.53. The molecule has 0 aliphatic carbocycles. The van der Waals surface area contributed by atoms with Crippen molar-refractivity contribution >= 4 is 21.7 Å². The first kappa shape index (κ1) is 10.4. The Morgan fingerprint density at radius 2 is 2.23 bits per heavy atom. The minimum atomic E-state index is -0.130. The molecule has 3 heteroatoms. The predicted octanol–water partition coefficient (Wildman–Crippen LogP) is 2.24. The molecule has 0 saturated heterocycles. The van der Waals surface area contributed by atoms with Crippen LogP contribution in [-0.2, 0) is 0 Å². The van der Waals surface area contributed by atoms with Crippen LogP contribution >= 0.6 is 15.9 Å². The summed E-state index contributed by atoms with van der Waals surface area (Å²) in [5, 5.41) is 2.92. The van der Waals surface area contributed by atoms with Crippen molar-refractivity contribution in [3.05, 3.63) is 34.3 Å². The van der Waals surface area contributed by atoms with Crippen LogP contribution in [0, 0.1) is 0 Å². The molecule has 0 aliphatic rings. The van der Waals surface area contributed by atoms with Gasteiger partial charge in [0.15, 0.2) is 5.78 Å². The van der Waals surface area contributed by atoms with Gasteiger partial charge in [-0.15, -0.1) is 0 Å². The number of Topliss-reactive ketones (excluding diaryl/α,β-unsaturated/α-hetero) is 1. The summed E-state index contributed by atoms with van der Waals surface area (Å²) in [5.41, 5.74) is 0.733. The molecule has 70 valence electrons. The van der Waals surface area contributed by atoms with Gasteiger partial charge >= 0.3 is 0 Å². The lowest BCUT2D eigenvalue weighted by atomic mass is 10.1. The van der Waals surface area contributed by atoms with Gasteiger partial charge in [-0.25, -0.2) is 0 Å². The molecule has 13 heavy (non-hydrogen) atoms. The van der Waals surface area contributed by atoms with Gasteiger partial charge < -0.3 is 5.32 Å². The predicted molar refractivity (Wildman–Crippen MR) is 57.0 cm³/mol. The van der Waals surface area contributed by atoms with Crippen LogP contribution in [0.4, 0.5) is 0 Å². The van der Waals surface area contributed by atoms with Crippen molar-refractivity contribution in [3.63, 3.8) is 0 Å². The van der Waals surface area contributed by atoms with Crippen LogP contribution in [0.1, 0.15) is 17.3 Å². The van der Waals surface area contributed by atoms with Crippen LogP contribution in [0.15, 0.2) is 28.7 Å². The molecule has 0 radical (unpaired) electrons.